The minimum atomic E-state index is -1.32. The van der Waals surface area contributed by atoms with E-state index in [1.54, 1.807) is 39.0 Å². The Labute approximate surface area is 259 Å². The molecular formula is C34H44FN3O6. The highest BCUT2D eigenvalue weighted by atomic mass is 19.1. The average molecular weight is 610 g/mol. The smallest absolute Gasteiger partial charge is 0.422 e. The van der Waals surface area contributed by atoms with Crippen LogP contribution < -0.4 is 5.32 Å². The first-order valence-corrected chi connectivity index (χ1v) is 14.6. The van der Waals surface area contributed by atoms with Gasteiger partial charge < -0.3 is 19.9 Å². The summed E-state index contributed by atoms with van der Waals surface area (Å²) in [4.78, 5) is 41.9. The van der Waals surface area contributed by atoms with Crippen molar-refractivity contribution in [2.24, 2.45) is 4.99 Å². The number of carboxylic acid groups (broad SMARTS) is 1. The van der Waals surface area contributed by atoms with Crippen LogP contribution in [0.2, 0.25) is 0 Å². The largest absolute Gasteiger partial charge is 0.492 e. The number of carbonyl (C=O) groups is 3. The van der Waals surface area contributed by atoms with E-state index in [0.29, 0.717) is 25.2 Å². The lowest BCUT2D eigenvalue weighted by atomic mass is 9.99. The Morgan fingerprint density at radius 3 is 2.45 bits per heavy atom. The summed E-state index contributed by atoms with van der Waals surface area (Å²) in [6.07, 6.45) is 10.1. The molecule has 1 aliphatic rings. The fraction of sp³-hybridized carbons (Fsp3) is 0.412. The van der Waals surface area contributed by atoms with E-state index in [4.69, 9.17) is 9.47 Å². The number of halogens is 1. The Bertz CT molecular complexity index is 1430. The van der Waals surface area contributed by atoms with Gasteiger partial charge in [0.2, 0.25) is 5.91 Å². The first kappa shape index (κ1) is 35.7. The van der Waals surface area contributed by atoms with Crippen LogP contribution >= 0.6 is 0 Å². The molecule has 0 atom stereocenters. The van der Waals surface area contributed by atoms with E-state index in [1.165, 1.54) is 25.3 Å². The maximum absolute atomic E-state index is 14.7. The molecule has 1 heterocycles. The number of aromatic carboxylic acids is 1. The van der Waals surface area contributed by atoms with E-state index >= 15 is 0 Å². The number of hydrogen-bond donors (Lipinski definition) is 2. The summed E-state index contributed by atoms with van der Waals surface area (Å²) in [7, 11) is 0. The van der Waals surface area contributed by atoms with Gasteiger partial charge in [0.05, 0.1) is 12.2 Å². The number of nitrogens with zero attached hydrogens (tertiary/aromatic N) is 2. The maximum atomic E-state index is 14.7. The molecule has 0 radical (unpaired) electrons. The van der Waals surface area contributed by atoms with Gasteiger partial charge in [0.1, 0.15) is 23.0 Å². The lowest BCUT2D eigenvalue weighted by Crippen LogP contribution is -2.38. The van der Waals surface area contributed by atoms with Crippen molar-refractivity contribution in [1.29, 1.82) is 0 Å². The van der Waals surface area contributed by atoms with Crippen LogP contribution in [-0.4, -0.2) is 46.4 Å². The maximum Gasteiger partial charge on any atom is 0.422 e. The lowest BCUT2D eigenvalue weighted by molar-refractivity contribution is -0.126. The first-order valence-electron chi connectivity index (χ1n) is 14.6. The minimum Gasteiger partial charge on any atom is -0.492 e. The number of imide groups is 1. The molecule has 0 aliphatic carbocycles. The van der Waals surface area contributed by atoms with Gasteiger partial charge in [-0.3, -0.25) is 4.79 Å². The van der Waals surface area contributed by atoms with E-state index in [2.05, 4.69) is 10.3 Å². The number of nitrogens with one attached hydrogen (secondary N) is 1. The standard InChI is InChI=1S/C34H44FN3O6/c1-9-11-15-26(22(3)17-19-36-29(13-10-2)38(24(5)39)33(42)44-34(6,7)8)31-27(18-20-43-31)23(4)37-21-25-14-12-16-28(30(25)35)32(40)41/h11-17,19,37H,9-10,18,20-21H2,1-8H3,(H,40,41)/b15-11+,22-17+,27-23+,29-13-,31-26-,36-19+. The van der Waals surface area contributed by atoms with Crippen molar-refractivity contribution >= 4 is 24.2 Å². The van der Waals surface area contributed by atoms with Crippen molar-refractivity contribution < 1.29 is 33.4 Å². The predicted octanol–water partition coefficient (Wildman–Crippen LogP) is 7.58. The molecule has 1 aromatic carbocycles. The van der Waals surface area contributed by atoms with Crippen molar-refractivity contribution in [2.75, 3.05) is 6.61 Å². The molecule has 2 rings (SSSR count). The zero-order valence-electron chi connectivity index (χ0n) is 26.9. The third-order valence-electron chi connectivity index (χ3n) is 6.41. The molecule has 2 amide bonds. The Balaban J connectivity index is 2.45. The van der Waals surface area contributed by atoms with Crippen LogP contribution in [0, 0.1) is 5.82 Å². The number of benzene rings is 1. The number of hydrogen-bond acceptors (Lipinski definition) is 7. The van der Waals surface area contributed by atoms with Crippen molar-refractivity contribution in [3.63, 3.8) is 0 Å². The molecule has 2 N–H and O–H groups in total. The second-order valence-electron chi connectivity index (χ2n) is 11.1. The van der Waals surface area contributed by atoms with Crippen LogP contribution in [0.4, 0.5) is 9.18 Å². The Hall–Kier alpha value is -4.47. The molecule has 10 heteroatoms. The fourth-order valence-corrected chi connectivity index (χ4v) is 4.28. The Kier molecular flexibility index (Phi) is 13.3. The number of carboxylic acids is 1. The number of ether oxygens (including phenoxy) is 2. The van der Waals surface area contributed by atoms with Gasteiger partial charge in [-0.1, -0.05) is 38.1 Å². The van der Waals surface area contributed by atoms with Gasteiger partial charge in [-0.25, -0.2) is 19.0 Å². The second kappa shape index (κ2) is 16.4. The number of carbonyl (C=O) groups excluding carboxylic acids is 2. The molecule has 0 bridgehead atoms. The van der Waals surface area contributed by atoms with Crippen LogP contribution in [0.15, 0.2) is 81.5 Å². The Morgan fingerprint density at radius 2 is 1.86 bits per heavy atom. The van der Waals surface area contributed by atoms with Gasteiger partial charge in [0.15, 0.2) is 0 Å². The van der Waals surface area contributed by atoms with Gasteiger partial charge in [-0.05, 0) is 71.3 Å². The van der Waals surface area contributed by atoms with Crippen LogP contribution in [0.3, 0.4) is 0 Å². The van der Waals surface area contributed by atoms with Crippen LogP contribution in [0.1, 0.15) is 90.6 Å². The molecule has 0 aromatic heterocycles. The predicted molar refractivity (Wildman–Crippen MR) is 169 cm³/mol. The molecule has 1 aliphatic heterocycles. The van der Waals surface area contributed by atoms with E-state index in [0.717, 1.165) is 33.7 Å². The molecule has 9 nitrogen and oxygen atoms in total. The van der Waals surface area contributed by atoms with Crippen molar-refractivity contribution in [1.82, 2.24) is 10.2 Å². The van der Waals surface area contributed by atoms with E-state index in [1.807, 2.05) is 39.8 Å². The van der Waals surface area contributed by atoms with Gasteiger partial charge in [-0.15, -0.1) is 0 Å². The molecular weight excluding hydrogens is 565 g/mol. The van der Waals surface area contributed by atoms with Crippen molar-refractivity contribution in [3.05, 3.63) is 93.4 Å². The zero-order valence-corrected chi connectivity index (χ0v) is 26.9. The van der Waals surface area contributed by atoms with E-state index < -0.39 is 29.4 Å². The molecule has 1 saturated heterocycles. The summed E-state index contributed by atoms with van der Waals surface area (Å²) in [6, 6.07) is 4.30. The minimum absolute atomic E-state index is 0.105. The number of allylic oxidation sites excluding steroid dienone is 8. The molecule has 1 fully saturated rings. The summed E-state index contributed by atoms with van der Waals surface area (Å²) < 4.78 is 26.2. The fourth-order valence-electron chi connectivity index (χ4n) is 4.28. The van der Waals surface area contributed by atoms with Gasteiger partial charge >= 0.3 is 12.1 Å². The number of aliphatic imine (C=N–C) groups is 1. The number of rotatable bonds is 11. The molecule has 0 spiro atoms. The van der Waals surface area contributed by atoms with Gasteiger partial charge in [-0.2, -0.15) is 4.90 Å². The molecule has 0 unspecified atom stereocenters. The molecule has 1 aromatic rings. The Morgan fingerprint density at radius 1 is 1.16 bits per heavy atom. The monoisotopic (exact) mass is 609 g/mol. The normalized spacial score (nSPS) is 16.7. The summed E-state index contributed by atoms with van der Waals surface area (Å²) in [6.45, 7) is 14.7. The quantitative estimate of drug-likeness (QED) is 0.248. The highest BCUT2D eigenvalue weighted by Gasteiger charge is 2.28. The summed E-state index contributed by atoms with van der Waals surface area (Å²) in [5.74, 6) is -1.77. The highest BCUT2D eigenvalue weighted by molar-refractivity contribution is 5.93. The molecule has 238 valence electrons. The highest BCUT2D eigenvalue weighted by Crippen LogP contribution is 2.32. The third kappa shape index (κ3) is 10.1. The van der Waals surface area contributed by atoms with Crippen LogP contribution in [0.5, 0.6) is 0 Å². The van der Waals surface area contributed by atoms with Crippen molar-refractivity contribution in [3.8, 4) is 0 Å². The first-order chi connectivity index (χ1) is 20.7. The van der Waals surface area contributed by atoms with Gasteiger partial charge in [0.25, 0.3) is 0 Å². The second-order valence-corrected chi connectivity index (χ2v) is 11.1. The van der Waals surface area contributed by atoms with Crippen molar-refractivity contribution in [2.45, 2.75) is 86.8 Å². The van der Waals surface area contributed by atoms with E-state index in [-0.39, 0.29) is 23.5 Å². The summed E-state index contributed by atoms with van der Waals surface area (Å²) in [5, 5.41) is 12.5. The SMILES string of the molecule is CC/C=C(/N=C/C=C(C)/C(/C=C/CC)=C1\OCC\C1=C(\C)NCc1cccc(C(=O)O)c1F)N(C(C)=O)C(=O)OC(C)(C)C. The zero-order chi connectivity index (χ0) is 33.0. The number of amides is 2. The van der Waals surface area contributed by atoms with Crippen LogP contribution in [-0.2, 0) is 20.8 Å². The summed E-state index contributed by atoms with van der Waals surface area (Å²) in [5.41, 5.74) is 2.43. The van der Waals surface area contributed by atoms with E-state index in [9.17, 15) is 23.9 Å². The topological polar surface area (TPSA) is 118 Å². The molecule has 0 saturated carbocycles. The lowest BCUT2D eigenvalue weighted by Gasteiger charge is -2.25. The average Bonchev–Trinajstić information content (AvgIpc) is 3.41. The van der Waals surface area contributed by atoms with Gasteiger partial charge in [0, 0.05) is 48.5 Å². The van der Waals surface area contributed by atoms with Crippen LogP contribution in [0.25, 0.3) is 0 Å². The molecule has 44 heavy (non-hydrogen) atoms. The third-order valence-corrected chi connectivity index (χ3v) is 6.41. The summed E-state index contributed by atoms with van der Waals surface area (Å²) >= 11 is 0.